The maximum Gasteiger partial charge on any atom is 0.229 e. The van der Waals surface area contributed by atoms with Crippen LogP contribution in [0.3, 0.4) is 0 Å². The van der Waals surface area contributed by atoms with Crippen molar-refractivity contribution in [3.8, 4) is 0 Å². The van der Waals surface area contributed by atoms with Gasteiger partial charge in [-0.15, -0.1) is 0 Å². The molecule has 5 rings (SSSR count). The van der Waals surface area contributed by atoms with E-state index in [4.69, 9.17) is 9.72 Å². The Kier molecular flexibility index (Phi) is 8.97. The van der Waals surface area contributed by atoms with E-state index < -0.39 is 0 Å². The van der Waals surface area contributed by atoms with Crippen molar-refractivity contribution >= 4 is 46.4 Å². The van der Waals surface area contributed by atoms with Crippen LogP contribution in [0.25, 0.3) is 0 Å². The maximum absolute atomic E-state index is 12.9. The van der Waals surface area contributed by atoms with E-state index in [-0.39, 0.29) is 17.6 Å². The summed E-state index contributed by atoms with van der Waals surface area (Å²) in [5.74, 6) is 1.22. The third-order valence-corrected chi connectivity index (χ3v) is 7.51. The molecule has 220 valence electrons. The number of piperazine rings is 1. The number of ketones is 1. The summed E-state index contributed by atoms with van der Waals surface area (Å²) in [6.07, 6.45) is 2.10. The fraction of sp³-hybridized carbons (Fsp3) is 0.387. The van der Waals surface area contributed by atoms with Gasteiger partial charge in [0.15, 0.2) is 5.78 Å². The van der Waals surface area contributed by atoms with E-state index in [0.29, 0.717) is 57.3 Å². The molecule has 0 atom stereocenters. The van der Waals surface area contributed by atoms with Crippen molar-refractivity contribution in [1.29, 1.82) is 0 Å². The zero-order valence-electron chi connectivity index (χ0n) is 24.4. The first kappa shape index (κ1) is 29.0. The minimum absolute atomic E-state index is 0.0128. The normalized spacial score (nSPS) is 15.4. The summed E-state index contributed by atoms with van der Waals surface area (Å²) in [4.78, 5) is 51.9. The first-order chi connectivity index (χ1) is 20.3. The van der Waals surface area contributed by atoms with Gasteiger partial charge in [0.1, 0.15) is 5.82 Å². The van der Waals surface area contributed by atoms with Crippen LogP contribution in [0.5, 0.6) is 0 Å². The Morgan fingerprint density at radius 3 is 2.29 bits per heavy atom. The van der Waals surface area contributed by atoms with Crippen molar-refractivity contribution in [3.05, 3.63) is 65.4 Å². The Hall–Kier alpha value is -4.51. The number of carbonyl (C=O) groups is 3. The fourth-order valence-electron chi connectivity index (χ4n) is 5.24. The minimum atomic E-state index is -0.140. The highest BCUT2D eigenvalue weighted by atomic mass is 16.5. The average molecular weight is 572 g/mol. The summed E-state index contributed by atoms with van der Waals surface area (Å²) in [6, 6.07) is 13.1. The zero-order chi connectivity index (χ0) is 29.6. The molecule has 2 amide bonds. The Labute approximate surface area is 245 Å². The summed E-state index contributed by atoms with van der Waals surface area (Å²) >= 11 is 0. The SMILES string of the molecule is CC(=O)Nc1cc(Nc2ncc(C)c(N3CCN(C(=O)Cc4ccc(C(C)=O)cc4)CC3)n2)ccc1N1CCOCC1. The summed E-state index contributed by atoms with van der Waals surface area (Å²) in [7, 11) is 0. The van der Waals surface area contributed by atoms with Crippen molar-refractivity contribution in [1.82, 2.24) is 14.9 Å². The van der Waals surface area contributed by atoms with Gasteiger partial charge < -0.3 is 30.1 Å². The lowest BCUT2D eigenvalue weighted by atomic mass is 10.1. The lowest BCUT2D eigenvalue weighted by Crippen LogP contribution is -2.49. The van der Waals surface area contributed by atoms with E-state index in [1.807, 2.05) is 42.2 Å². The fourth-order valence-corrected chi connectivity index (χ4v) is 5.24. The number of aromatic nitrogens is 2. The highest BCUT2D eigenvalue weighted by Crippen LogP contribution is 2.31. The number of carbonyl (C=O) groups excluding carboxylic acids is 3. The maximum atomic E-state index is 12.9. The number of hydrogen-bond acceptors (Lipinski definition) is 9. The molecule has 0 spiro atoms. The molecule has 0 saturated carbocycles. The van der Waals surface area contributed by atoms with Crippen molar-refractivity contribution < 1.29 is 19.1 Å². The molecule has 0 aliphatic carbocycles. The second kappa shape index (κ2) is 13.0. The summed E-state index contributed by atoms with van der Waals surface area (Å²) in [5, 5.41) is 6.24. The molecule has 3 heterocycles. The predicted octanol–water partition coefficient (Wildman–Crippen LogP) is 3.42. The molecule has 42 heavy (non-hydrogen) atoms. The molecule has 2 aliphatic rings. The van der Waals surface area contributed by atoms with Crippen LogP contribution in [0, 0.1) is 6.92 Å². The first-order valence-electron chi connectivity index (χ1n) is 14.2. The molecule has 2 saturated heterocycles. The van der Waals surface area contributed by atoms with Crippen LogP contribution in [0.15, 0.2) is 48.7 Å². The van der Waals surface area contributed by atoms with Crippen LogP contribution in [0.4, 0.5) is 28.8 Å². The smallest absolute Gasteiger partial charge is 0.229 e. The Balaban J connectivity index is 1.23. The number of anilines is 5. The Morgan fingerprint density at radius 1 is 0.905 bits per heavy atom. The van der Waals surface area contributed by atoms with Crippen molar-refractivity contribution in [2.45, 2.75) is 27.2 Å². The third kappa shape index (κ3) is 7.03. The number of hydrogen-bond donors (Lipinski definition) is 2. The van der Waals surface area contributed by atoms with Gasteiger partial charge in [-0.2, -0.15) is 4.98 Å². The number of rotatable bonds is 8. The van der Waals surface area contributed by atoms with E-state index >= 15 is 0 Å². The van der Waals surface area contributed by atoms with E-state index in [9.17, 15) is 14.4 Å². The van der Waals surface area contributed by atoms with E-state index in [2.05, 4.69) is 25.4 Å². The molecule has 11 heteroatoms. The van der Waals surface area contributed by atoms with E-state index in [1.165, 1.54) is 13.8 Å². The molecule has 2 aliphatic heterocycles. The monoisotopic (exact) mass is 571 g/mol. The molecular formula is C31H37N7O4. The largest absolute Gasteiger partial charge is 0.378 e. The number of morpholine rings is 1. The zero-order valence-corrected chi connectivity index (χ0v) is 24.4. The van der Waals surface area contributed by atoms with Crippen LogP contribution in [0.2, 0.25) is 0 Å². The molecule has 0 unspecified atom stereocenters. The number of ether oxygens (including phenoxy) is 1. The Bertz CT molecular complexity index is 1450. The van der Waals surface area contributed by atoms with Crippen LogP contribution < -0.4 is 20.4 Å². The van der Waals surface area contributed by atoms with Crippen molar-refractivity contribution in [2.24, 2.45) is 0 Å². The molecule has 2 fully saturated rings. The van der Waals surface area contributed by atoms with Gasteiger partial charge in [0.2, 0.25) is 17.8 Å². The number of amides is 2. The predicted molar refractivity (Wildman–Crippen MR) is 163 cm³/mol. The van der Waals surface area contributed by atoms with Gasteiger partial charge in [0, 0.05) is 69.2 Å². The van der Waals surface area contributed by atoms with Crippen molar-refractivity contribution in [2.75, 3.05) is 72.9 Å². The number of aryl methyl sites for hydroxylation is 1. The number of Topliss-reactive ketones (excluding diaryl/α,β-unsaturated/α-hetero) is 1. The van der Waals surface area contributed by atoms with Crippen LogP contribution in [0.1, 0.15) is 35.3 Å². The van der Waals surface area contributed by atoms with E-state index in [0.717, 1.165) is 47.1 Å². The number of nitrogens with one attached hydrogen (secondary N) is 2. The van der Waals surface area contributed by atoms with Gasteiger partial charge in [-0.25, -0.2) is 4.98 Å². The standard InChI is InChI=1S/C31H37N7O4/c1-21-20-32-31(34-26-8-9-28(27(19-26)33-23(3)40)36-14-16-42-17-15-36)35-30(21)38-12-10-37(11-13-38)29(41)18-24-4-6-25(7-5-24)22(2)39/h4-9,19-20H,10-18H2,1-3H3,(H,33,40)(H,32,34,35). The molecule has 11 nitrogen and oxygen atoms in total. The molecule has 0 radical (unpaired) electrons. The number of nitrogens with zero attached hydrogens (tertiary/aromatic N) is 5. The lowest BCUT2D eigenvalue weighted by Gasteiger charge is -2.36. The molecule has 3 aromatic rings. The summed E-state index contributed by atoms with van der Waals surface area (Å²) < 4.78 is 5.48. The lowest BCUT2D eigenvalue weighted by molar-refractivity contribution is -0.130. The Morgan fingerprint density at radius 2 is 1.62 bits per heavy atom. The summed E-state index contributed by atoms with van der Waals surface area (Å²) in [6.45, 7) is 10.3. The first-order valence-corrected chi connectivity index (χ1v) is 14.2. The van der Waals surface area contributed by atoms with Crippen LogP contribution in [-0.2, 0) is 20.7 Å². The van der Waals surface area contributed by atoms with Gasteiger partial charge >= 0.3 is 0 Å². The van der Waals surface area contributed by atoms with Crippen LogP contribution in [-0.4, -0.2) is 84.9 Å². The molecule has 0 bridgehead atoms. The summed E-state index contributed by atoms with van der Waals surface area (Å²) in [5.41, 5.74) is 4.92. The molecule has 2 aromatic carbocycles. The van der Waals surface area contributed by atoms with E-state index in [1.54, 1.807) is 18.3 Å². The number of benzene rings is 2. The molecular weight excluding hydrogens is 534 g/mol. The second-order valence-corrected chi connectivity index (χ2v) is 10.6. The highest BCUT2D eigenvalue weighted by molar-refractivity contribution is 5.94. The van der Waals surface area contributed by atoms with Gasteiger partial charge in [-0.05, 0) is 37.6 Å². The van der Waals surface area contributed by atoms with Crippen molar-refractivity contribution in [3.63, 3.8) is 0 Å². The van der Waals surface area contributed by atoms with Gasteiger partial charge in [0.25, 0.3) is 0 Å². The van der Waals surface area contributed by atoms with Gasteiger partial charge in [-0.1, -0.05) is 24.3 Å². The van der Waals surface area contributed by atoms with Gasteiger partial charge in [0.05, 0.1) is 31.0 Å². The van der Waals surface area contributed by atoms with Crippen LogP contribution >= 0.6 is 0 Å². The quantitative estimate of drug-likeness (QED) is 0.392. The average Bonchev–Trinajstić information content (AvgIpc) is 2.99. The second-order valence-electron chi connectivity index (χ2n) is 10.6. The minimum Gasteiger partial charge on any atom is -0.378 e. The third-order valence-electron chi connectivity index (χ3n) is 7.51. The highest BCUT2D eigenvalue weighted by Gasteiger charge is 2.24. The molecule has 2 N–H and O–H groups in total. The van der Waals surface area contributed by atoms with Gasteiger partial charge in [-0.3, -0.25) is 14.4 Å². The topological polar surface area (TPSA) is 120 Å². The molecule has 1 aromatic heterocycles.